The molecule has 7 nitrogen and oxygen atoms in total. The van der Waals surface area contributed by atoms with E-state index >= 15 is 0 Å². The van der Waals surface area contributed by atoms with Crippen molar-refractivity contribution in [2.24, 2.45) is 23.7 Å². The smallest absolute Gasteiger partial charge is 0.273 e. The number of rotatable bonds is 2. The van der Waals surface area contributed by atoms with Gasteiger partial charge in [0.05, 0.1) is 28.5 Å². The number of fused-ring (bicyclic) bond motifs is 5. The van der Waals surface area contributed by atoms with Crippen LogP contribution in [-0.2, 0) is 9.59 Å². The highest BCUT2D eigenvalue weighted by Gasteiger charge is 2.61. The molecule has 0 aromatic heterocycles. The lowest BCUT2D eigenvalue weighted by Gasteiger charge is -2.19. The largest absolute Gasteiger partial charge is 0.505 e. The Morgan fingerprint density at radius 3 is 2.23 bits per heavy atom. The first-order valence-electron chi connectivity index (χ1n) is 7.34. The van der Waals surface area contributed by atoms with Crippen LogP contribution in [0, 0.1) is 33.8 Å². The Kier molecular flexibility index (Phi) is 2.58. The van der Waals surface area contributed by atoms with Gasteiger partial charge in [0.2, 0.25) is 11.8 Å². The van der Waals surface area contributed by atoms with Crippen LogP contribution in [0.15, 0.2) is 18.2 Å². The van der Waals surface area contributed by atoms with E-state index in [0.717, 1.165) is 30.2 Å². The van der Waals surface area contributed by atoms with E-state index in [0.29, 0.717) is 0 Å². The molecule has 4 atom stereocenters. The van der Waals surface area contributed by atoms with Crippen LogP contribution in [0.25, 0.3) is 0 Å². The minimum atomic E-state index is -0.633. The molecule has 4 rings (SSSR count). The third kappa shape index (κ3) is 1.56. The second-order valence-electron chi connectivity index (χ2n) is 6.33. The molecule has 1 saturated heterocycles. The second-order valence-corrected chi connectivity index (χ2v) is 6.33. The van der Waals surface area contributed by atoms with Crippen LogP contribution in [0.1, 0.15) is 19.3 Å². The number of carbonyl (C=O) groups excluding carboxylic acids is 2. The molecule has 3 fully saturated rings. The molecule has 114 valence electrons. The van der Waals surface area contributed by atoms with Gasteiger partial charge in [-0.1, -0.05) is 0 Å². The van der Waals surface area contributed by atoms with Gasteiger partial charge in [-0.3, -0.25) is 19.7 Å². The van der Waals surface area contributed by atoms with Crippen molar-refractivity contribution in [3.8, 4) is 5.75 Å². The number of nitro groups is 1. The van der Waals surface area contributed by atoms with Crippen LogP contribution < -0.4 is 4.90 Å². The lowest BCUT2D eigenvalue weighted by atomic mass is 9.81. The molecular weight excluding hydrogens is 288 g/mol. The van der Waals surface area contributed by atoms with E-state index in [1.54, 1.807) is 0 Å². The third-order valence-corrected chi connectivity index (χ3v) is 5.34. The van der Waals surface area contributed by atoms with E-state index < -0.39 is 10.7 Å². The number of carbonyl (C=O) groups is 2. The number of anilines is 1. The number of amides is 2. The van der Waals surface area contributed by atoms with E-state index in [4.69, 9.17) is 0 Å². The van der Waals surface area contributed by atoms with Crippen LogP contribution in [0.2, 0.25) is 0 Å². The lowest BCUT2D eigenvalue weighted by molar-refractivity contribution is -0.384. The predicted molar refractivity (Wildman–Crippen MR) is 75.1 cm³/mol. The third-order valence-electron chi connectivity index (χ3n) is 5.34. The average molecular weight is 302 g/mol. The Balaban J connectivity index is 1.73. The number of non-ortho nitro benzene ring substituents is 1. The first-order valence-corrected chi connectivity index (χ1v) is 7.34. The van der Waals surface area contributed by atoms with E-state index in [-0.39, 0.29) is 46.9 Å². The van der Waals surface area contributed by atoms with Crippen LogP contribution in [0.4, 0.5) is 11.4 Å². The summed E-state index contributed by atoms with van der Waals surface area (Å²) in [4.78, 5) is 36.3. The zero-order valence-corrected chi connectivity index (χ0v) is 11.6. The van der Waals surface area contributed by atoms with E-state index in [1.807, 2.05) is 0 Å². The van der Waals surface area contributed by atoms with Gasteiger partial charge in [0.25, 0.3) is 5.69 Å². The van der Waals surface area contributed by atoms with E-state index in [1.165, 1.54) is 12.1 Å². The maximum Gasteiger partial charge on any atom is 0.273 e. The van der Waals surface area contributed by atoms with Crippen LogP contribution in [-0.4, -0.2) is 21.8 Å². The van der Waals surface area contributed by atoms with Crippen molar-refractivity contribution in [3.05, 3.63) is 28.3 Å². The number of benzene rings is 1. The van der Waals surface area contributed by atoms with Gasteiger partial charge in [-0.25, -0.2) is 4.90 Å². The fourth-order valence-electron chi connectivity index (χ4n) is 4.46. The standard InChI is InChI=1S/C15H14N2O5/c18-11-6-9(17(21)22)3-4-10(11)16-14(19)12-7-1-2-8(5-7)13(12)15(16)20/h3-4,6-8,12-13,18H,1-2,5H2. The van der Waals surface area contributed by atoms with Crippen molar-refractivity contribution in [1.82, 2.24) is 0 Å². The summed E-state index contributed by atoms with van der Waals surface area (Å²) in [6, 6.07) is 3.43. The molecule has 2 bridgehead atoms. The first kappa shape index (κ1) is 13.2. The van der Waals surface area contributed by atoms with Gasteiger partial charge >= 0.3 is 0 Å². The highest BCUT2D eigenvalue weighted by Crippen LogP contribution is 2.57. The zero-order chi connectivity index (χ0) is 15.6. The Morgan fingerprint density at radius 2 is 1.73 bits per heavy atom. The number of nitro benzene ring substituents is 1. The Bertz CT molecular complexity index is 688. The summed E-state index contributed by atoms with van der Waals surface area (Å²) in [6.45, 7) is 0. The summed E-state index contributed by atoms with van der Waals surface area (Å²) in [6.07, 6.45) is 2.89. The summed E-state index contributed by atoms with van der Waals surface area (Å²) in [7, 11) is 0. The minimum Gasteiger partial charge on any atom is -0.505 e. The minimum absolute atomic E-state index is 0.0504. The Hall–Kier alpha value is -2.44. The molecule has 1 aliphatic heterocycles. The van der Waals surface area contributed by atoms with Crippen molar-refractivity contribution in [2.75, 3.05) is 4.90 Å². The quantitative estimate of drug-likeness (QED) is 0.510. The van der Waals surface area contributed by atoms with Gasteiger partial charge in [-0.05, 0) is 37.2 Å². The van der Waals surface area contributed by atoms with Gasteiger partial charge in [0.1, 0.15) is 5.75 Å². The molecule has 0 spiro atoms. The topological polar surface area (TPSA) is 101 Å². The number of nitrogens with zero attached hydrogens (tertiary/aromatic N) is 2. The number of aromatic hydroxyl groups is 1. The number of hydrogen-bond acceptors (Lipinski definition) is 5. The summed E-state index contributed by atoms with van der Waals surface area (Å²) in [5.41, 5.74) is -0.227. The fourth-order valence-corrected chi connectivity index (χ4v) is 4.46. The molecule has 1 N–H and O–H groups in total. The van der Waals surface area contributed by atoms with Crippen LogP contribution in [0.5, 0.6) is 5.75 Å². The van der Waals surface area contributed by atoms with Crippen LogP contribution in [0.3, 0.4) is 0 Å². The fraction of sp³-hybridized carbons (Fsp3) is 0.467. The maximum absolute atomic E-state index is 12.6. The summed E-state index contributed by atoms with van der Waals surface area (Å²) >= 11 is 0. The molecule has 3 aliphatic rings. The molecule has 2 saturated carbocycles. The first-order chi connectivity index (χ1) is 10.5. The van der Waals surface area contributed by atoms with E-state index in [9.17, 15) is 24.8 Å². The van der Waals surface area contributed by atoms with Gasteiger partial charge in [-0.15, -0.1) is 0 Å². The van der Waals surface area contributed by atoms with Gasteiger partial charge in [-0.2, -0.15) is 0 Å². The lowest BCUT2D eigenvalue weighted by Crippen LogP contribution is -2.32. The number of imide groups is 1. The molecule has 7 heteroatoms. The molecule has 4 unspecified atom stereocenters. The van der Waals surface area contributed by atoms with Crippen molar-refractivity contribution in [1.29, 1.82) is 0 Å². The second kappa shape index (κ2) is 4.28. The van der Waals surface area contributed by atoms with Crippen molar-refractivity contribution in [2.45, 2.75) is 19.3 Å². The maximum atomic E-state index is 12.6. The molecule has 1 aromatic rings. The zero-order valence-electron chi connectivity index (χ0n) is 11.6. The van der Waals surface area contributed by atoms with Crippen molar-refractivity contribution < 1.29 is 19.6 Å². The summed E-state index contributed by atoms with van der Waals surface area (Å²) < 4.78 is 0. The number of phenols is 1. The van der Waals surface area contributed by atoms with Gasteiger partial charge in [0.15, 0.2) is 0 Å². The van der Waals surface area contributed by atoms with Crippen molar-refractivity contribution in [3.63, 3.8) is 0 Å². The van der Waals surface area contributed by atoms with Crippen LogP contribution >= 0.6 is 0 Å². The predicted octanol–water partition coefficient (Wildman–Crippen LogP) is 1.84. The molecule has 22 heavy (non-hydrogen) atoms. The molecule has 1 heterocycles. The Labute approximate surface area is 125 Å². The summed E-state index contributed by atoms with van der Waals surface area (Å²) in [5.74, 6) is -0.990. The average Bonchev–Trinajstić information content (AvgIpc) is 3.14. The molecule has 2 aliphatic carbocycles. The number of phenolic OH excluding ortho intramolecular Hbond substituents is 1. The molecule has 0 radical (unpaired) electrons. The van der Waals surface area contributed by atoms with E-state index in [2.05, 4.69) is 0 Å². The van der Waals surface area contributed by atoms with Gasteiger partial charge < -0.3 is 5.11 Å². The SMILES string of the molecule is O=C1C2C3CCC(C3)C2C(=O)N1c1ccc([N+](=O)[O-])cc1O. The highest BCUT2D eigenvalue weighted by molar-refractivity contribution is 6.23. The molecule has 1 aromatic carbocycles. The Morgan fingerprint density at radius 1 is 1.14 bits per heavy atom. The number of hydrogen-bond donors (Lipinski definition) is 1. The normalized spacial score (nSPS) is 32.6. The summed E-state index contributed by atoms with van der Waals surface area (Å²) in [5, 5.41) is 20.7. The molecular formula is C15H14N2O5. The van der Waals surface area contributed by atoms with Gasteiger partial charge in [0, 0.05) is 6.07 Å². The molecule has 2 amide bonds. The van der Waals surface area contributed by atoms with Crippen molar-refractivity contribution >= 4 is 23.2 Å². The monoisotopic (exact) mass is 302 g/mol. The highest BCUT2D eigenvalue weighted by atomic mass is 16.6.